The van der Waals surface area contributed by atoms with Gasteiger partial charge in [0.25, 0.3) is 0 Å². The first kappa shape index (κ1) is 31.6. The predicted octanol–water partition coefficient (Wildman–Crippen LogP) is 4.36. The number of ether oxygens (including phenoxy) is 2. The summed E-state index contributed by atoms with van der Waals surface area (Å²) in [6, 6.07) is 0. The van der Waals surface area contributed by atoms with Crippen molar-refractivity contribution in [2.24, 2.45) is 28.6 Å². The van der Waals surface area contributed by atoms with Gasteiger partial charge in [-0.3, -0.25) is 9.59 Å². The van der Waals surface area contributed by atoms with E-state index in [0.29, 0.717) is 24.0 Å². The minimum atomic E-state index is -2.28. The van der Waals surface area contributed by atoms with Gasteiger partial charge >= 0.3 is 11.9 Å². The highest BCUT2D eigenvalue weighted by molar-refractivity contribution is 5.96. The van der Waals surface area contributed by atoms with Crippen LogP contribution in [0.2, 0.25) is 0 Å². The van der Waals surface area contributed by atoms with E-state index >= 15 is 0 Å². The van der Waals surface area contributed by atoms with E-state index in [1.54, 1.807) is 39.0 Å². The average Bonchev–Trinajstić information content (AvgIpc) is 3.34. The van der Waals surface area contributed by atoms with Crippen molar-refractivity contribution in [3.05, 3.63) is 34.9 Å². The van der Waals surface area contributed by atoms with Crippen molar-refractivity contribution < 1.29 is 39.2 Å². The summed E-state index contributed by atoms with van der Waals surface area (Å²) >= 11 is 0. The minimum Gasteiger partial charge on any atom is -0.458 e. The average molecular weight is 573 g/mol. The fourth-order valence-corrected chi connectivity index (χ4v) is 8.23. The van der Waals surface area contributed by atoms with Crippen LogP contribution < -0.4 is 0 Å². The molecule has 4 rings (SSSR count). The zero-order valence-electron chi connectivity index (χ0n) is 25.7. The molecule has 1 spiro atoms. The molecular formula is C33H48O8. The summed E-state index contributed by atoms with van der Waals surface area (Å²) < 4.78 is 11.8. The molecule has 4 aliphatic rings. The van der Waals surface area contributed by atoms with Crippen molar-refractivity contribution in [2.45, 2.75) is 117 Å². The second kappa shape index (κ2) is 11.1. The van der Waals surface area contributed by atoms with Gasteiger partial charge in [-0.1, -0.05) is 71.6 Å². The van der Waals surface area contributed by atoms with Crippen LogP contribution in [0.5, 0.6) is 0 Å². The molecule has 2 fully saturated rings. The molecule has 2 bridgehead atoms. The van der Waals surface area contributed by atoms with Gasteiger partial charge in [0, 0.05) is 29.2 Å². The summed E-state index contributed by atoms with van der Waals surface area (Å²) in [7, 11) is 0. The maximum absolute atomic E-state index is 14.6. The van der Waals surface area contributed by atoms with Gasteiger partial charge in [-0.25, -0.2) is 4.79 Å². The van der Waals surface area contributed by atoms with E-state index in [2.05, 4.69) is 6.92 Å². The van der Waals surface area contributed by atoms with Crippen LogP contribution in [0.3, 0.4) is 0 Å². The van der Waals surface area contributed by atoms with Gasteiger partial charge in [0.15, 0.2) is 5.78 Å². The van der Waals surface area contributed by atoms with Crippen LogP contribution in [0.4, 0.5) is 0 Å². The lowest BCUT2D eigenvalue weighted by molar-refractivity contribution is -0.192. The monoisotopic (exact) mass is 572 g/mol. The number of unbranched alkanes of at least 4 members (excludes halogenated alkanes) is 4. The normalized spacial score (nSPS) is 39.0. The first-order valence-corrected chi connectivity index (χ1v) is 15.2. The first-order chi connectivity index (χ1) is 19.2. The fraction of sp³-hybridized carbons (Fsp3) is 0.727. The molecule has 228 valence electrons. The zero-order valence-corrected chi connectivity index (χ0v) is 25.7. The fourth-order valence-electron chi connectivity index (χ4n) is 8.23. The molecule has 0 radical (unpaired) electrons. The van der Waals surface area contributed by atoms with Crippen molar-refractivity contribution >= 4 is 17.7 Å². The van der Waals surface area contributed by atoms with Gasteiger partial charge in [0.05, 0.1) is 5.41 Å². The Balaban J connectivity index is 1.75. The van der Waals surface area contributed by atoms with E-state index in [-0.39, 0.29) is 23.9 Å². The molecule has 0 heterocycles. The predicted molar refractivity (Wildman–Crippen MR) is 153 cm³/mol. The van der Waals surface area contributed by atoms with Crippen LogP contribution in [-0.4, -0.2) is 63.1 Å². The van der Waals surface area contributed by atoms with Gasteiger partial charge in [-0.05, 0) is 50.7 Å². The molecule has 8 atom stereocenters. The molecule has 0 aromatic rings. The third kappa shape index (κ3) is 4.56. The van der Waals surface area contributed by atoms with E-state index in [4.69, 9.17) is 9.47 Å². The summed E-state index contributed by atoms with van der Waals surface area (Å²) in [5.41, 5.74) is -4.47. The number of allylic oxidation sites excluding steroid dienone is 2. The molecule has 0 aliphatic heterocycles. The molecule has 0 saturated heterocycles. The Morgan fingerprint density at radius 2 is 1.78 bits per heavy atom. The Hall–Kier alpha value is -2.29. The number of carbonyl (C=O) groups is 3. The Morgan fingerprint density at radius 1 is 1.12 bits per heavy atom. The zero-order chi connectivity index (χ0) is 30.5. The molecule has 8 heteroatoms. The number of carbonyl (C=O) groups excluding carboxylic acids is 3. The van der Waals surface area contributed by atoms with Crippen LogP contribution in [-0.2, 0) is 23.9 Å². The SMILES string of the molecule is C/C=C(/C)C(=O)OCC1=C[C@@H]2C(=O)[C@]3(C=C(C)[C@H](O)[C@@]3(O)[C@@H]1O)[C@H](C)C[C@]1(OC(=O)CCCCCCC)[C@H]2C1(C)C. The Morgan fingerprint density at radius 3 is 2.41 bits per heavy atom. The Labute approximate surface area is 243 Å². The van der Waals surface area contributed by atoms with Gasteiger partial charge in [-0.15, -0.1) is 0 Å². The van der Waals surface area contributed by atoms with E-state index in [0.717, 1.165) is 32.1 Å². The number of fused-ring (bicyclic) bond motifs is 3. The largest absolute Gasteiger partial charge is 0.458 e. The lowest BCUT2D eigenvalue weighted by Crippen LogP contribution is -2.65. The summed E-state index contributed by atoms with van der Waals surface area (Å²) in [4.78, 5) is 40.3. The molecule has 2 saturated carbocycles. The van der Waals surface area contributed by atoms with E-state index in [1.807, 2.05) is 20.8 Å². The maximum Gasteiger partial charge on any atom is 0.333 e. The summed E-state index contributed by atoms with van der Waals surface area (Å²) in [5, 5.41) is 35.2. The number of Topliss-reactive ketones (excluding diaryl/α,β-unsaturated/α-hetero) is 1. The van der Waals surface area contributed by atoms with Crippen molar-refractivity contribution in [3.8, 4) is 0 Å². The van der Waals surface area contributed by atoms with Gasteiger partial charge in [0.2, 0.25) is 0 Å². The van der Waals surface area contributed by atoms with Crippen molar-refractivity contribution in [3.63, 3.8) is 0 Å². The molecule has 41 heavy (non-hydrogen) atoms. The standard InChI is InChI=1S/C33H48O8/c1-8-10-11-12-13-14-24(34)41-32-17-21(5)31-16-20(4)26(35)33(31,39)27(36)22(18-40-29(38)19(3)9-2)15-23(28(31)37)25(32)30(32,6)7/h9,15-16,21,23,25-27,35-36,39H,8,10-14,17-18H2,1-7H3/b19-9-/t21-,23+,25-,26+,27-,31+,32+,33-/m1/s1. The van der Waals surface area contributed by atoms with E-state index < -0.39 is 58.0 Å². The topological polar surface area (TPSA) is 130 Å². The number of ketones is 1. The highest BCUT2D eigenvalue weighted by atomic mass is 16.6. The highest BCUT2D eigenvalue weighted by Gasteiger charge is 2.83. The second-order valence-corrected chi connectivity index (χ2v) is 13.4. The third-order valence-electron chi connectivity index (χ3n) is 10.8. The van der Waals surface area contributed by atoms with Crippen molar-refractivity contribution in [2.75, 3.05) is 6.61 Å². The van der Waals surface area contributed by atoms with Crippen LogP contribution in [0, 0.1) is 28.6 Å². The van der Waals surface area contributed by atoms with Crippen LogP contribution in [0.15, 0.2) is 34.9 Å². The third-order valence-corrected chi connectivity index (χ3v) is 10.8. The quantitative estimate of drug-likeness (QED) is 0.152. The number of hydrogen-bond acceptors (Lipinski definition) is 8. The molecule has 3 N–H and O–H groups in total. The molecule has 0 unspecified atom stereocenters. The number of hydrogen-bond donors (Lipinski definition) is 3. The molecule has 0 aromatic carbocycles. The number of aliphatic hydroxyl groups excluding tert-OH is 2. The number of esters is 2. The van der Waals surface area contributed by atoms with Gasteiger partial charge < -0.3 is 24.8 Å². The van der Waals surface area contributed by atoms with Crippen molar-refractivity contribution in [1.82, 2.24) is 0 Å². The summed E-state index contributed by atoms with van der Waals surface area (Å²) in [5.74, 6) is -3.01. The second-order valence-electron chi connectivity index (χ2n) is 13.4. The molecule has 8 nitrogen and oxygen atoms in total. The number of aliphatic hydroxyl groups is 3. The lowest BCUT2D eigenvalue weighted by Gasteiger charge is -2.48. The van der Waals surface area contributed by atoms with E-state index in [1.165, 1.54) is 0 Å². The van der Waals surface area contributed by atoms with Crippen molar-refractivity contribution in [1.29, 1.82) is 0 Å². The number of rotatable bonds is 10. The Bertz CT molecular complexity index is 1180. The lowest BCUT2D eigenvalue weighted by atomic mass is 9.59. The highest BCUT2D eigenvalue weighted by Crippen LogP contribution is 2.75. The molecular weight excluding hydrogens is 524 g/mol. The van der Waals surface area contributed by atoms with Gasteiger partial charge in [0.1, 0.15) is 30.0 Å². The van der Waals surface area contributed by atoms with E-state index in [9.17, 15) is 29.7 Å². The maximum atomic E-state index is 14.6. The van der Waals surface area contributed by atoms with Crippen LogP contribution >= 0.6 is 0 Å². The summed E-state index contributed by atoms with van der Waals surface area (Å²) in [6.07, 6.45) is 7.26. The molecule has 0 aromatic heterocycles. The van der Waals surface area contributed by atoms with Crippen LogP contribution in [0.1, 0.15) is 93.4 Å². The first-order valence-electron chi connectivity index (χ1n) is 15.2. The van der Waals surface area contributed by atoms with Crippen LogP contribution in [0.25, 0.3) is 0 Å². The molecule has 0 amide bonds. The minimum absolute atomic E-state index is 0.153. The summed E-state index contributed by atoms with van der Waals surface area (Å²) in [6.45, 7) is 12.5. The molecule has 4 aliphatic carbocycles. The Kier molecular flexibility index (Phi) is 8.55. The van der Waals surface area contributed by atoms with Gasteiger partial charge in [-0.2, -0.15) is 0 Å². The smallest absolute Gasteiger partial charge is 0.333 e.